The van der Waals surface area contributed by atoms with Crippen molar-refractivity contribution in [2.24, 2.45) is 29.1 Å². The molecule has 1 amide bonds. The minimum absolute atomic E-state index is 0.0196. The van der Waals surface area contributed by atoms with E-state index < -0.39 is 5.60 Å². The number of ketones is 1. The number of hydrogen-bond acceptors (Lipinski definition) is 5. The summed E-state index contributed by atoms with van der Waals surface area (Å²) in [6.07, 6.45) is 8.54. The fraction of sp³-hybridized carbons (Fsp3) is 0.697. The second-order valence-corrected chi connectivity index (χ2v) is 14.2. The van der Waals surface area contributed by atoms with Crippen LogP contribution < -0.4 is 4.90 Å². The number of aliphatic hydroxyl groups is 1. The van der Waals surface area contributed by atoms with Crippen molar-refractivity contribution in [2.75, 3.05) is 31.1 Å². The van der Waals surface area contributed by atoms with Crippen molar-refractivity contribution in [3.63, 3.8) is 0 Å². The predicted octanol–water partition coefficient (Wildman–Crippen LogP) is 5.94. The summed E-state index contributed by atoms with van der Waals surface area (Å²) in [6.45, 7) is 11.0. The zero-order chi connectivity index (χ0) is 27.5. The molecule has 6 rings (SSSR count). The first-order valence-corrected chi connectivity index (χ1v) is 15.3. The minimum atomic E-state index is -0.476. The smallest absolute Gasteiger partial charge is 0.410 e. The van der Waals surface area contributed by atoms with E-state index in [-0.39, 0.29) is 17.6 Å². The van der Waals surface area contributed by atoms with Crippen molar-refractivity contribution in [3.8, 4) is 0 Å². The summed E-state index contributed by atoms with van der Waals surface area (Å²) in [5.41, 5.74) is 3.49. The molecule has 1 aromatic rings. The minimum Gasteiger partial charge on any atom is -0.444 e. The maximum Gasteiger partial charge on any atom is 0.410 e. The van der Waals surface area contributed by atoms with E-state index >= 15 is 0 Å². The Morgan fingerprint density at radius 3 is 2.38 bits per heavy atom. The van der Waals surface area contributed by atoms with Gasteiger partial charge in [-0.05, 0) is 118 Å². The highest BCUT2D eigenvalue weighted by Crippen LogP contribution is 2.65. The van der Waals surface area contributed by atoms with Gasteiger partial charge in [0.15, 0.2) is 5.78 Å². The average molecular weight is 535 g/mol. The van der Waals surface area contributed by atoms with E-state index in [1.165, 1.54) is 16.8 Å². The number of benzene rings is 1. The fourth-order valence-corrected chi connectivity index (χ4v) is 9.03. The van der Waals surface area contributed by atoms with Gasteiger partial charge in [0.1, 0.15) is 5.60 Å². The van der Waals surface area contributed by atoms with Crippen molar-refractivity contribution in [1.29, 1.82) is 0 Å². The number of rotatable bonds is 2. The van der Waals surface area contributed by atoms with E-state index in [2.05, 4.69) is 36.1 Å². The number of nitrogens with zero attached hydrogens (tertiary/aromatic N) is 2. The number of carbonyl (C=O) groups excluding carboxylic acids is 2. The first-order chi connectivity index (χ1) is 18.5. The van der Waals surface area contributed by atoms with E-state index in [0.717, 1.165) is 51.6 Å². The Morgan fingerprint density at radius 2 is 1.69 bits per heavy atom. The van der Waals surface area contributed by atoms with E-state index in [9.17, 15) is 14.7 Å². The van der Waals surface area contributed by atoms with Crippen molar-refractivity contribution in [1.82, 2.24) is 4.90 Å². The lowest BCUT2D eigenvalue weighted by Crippen LogP contribution is -2.51. The molecule has 1 aromatic carbocycles. The number of aliphatic hydroxyl groups excluding tert-OH is 1. The van der Waals surface area contributed by atoms with Crippen LogP contribution in [0.4, 0.5) is 10.5 Å². The standard InChI is InChI=1S/C33H46N2O4/c1-32(2,3)39-31(38)35-17-15-34(16-18-35)23-8-5-21(6-9-23)27-20-33(4)28(13-14-29(33)37)26-11-7-22-19-24(36)10-12-25(22)30(26)27/h5-6,8-9,19,25-30,37H,7,10-18,20H2,1-4H3. The molecule has 39 heavy (non-hydrogen) atoms. The molecule has 7 atom stereocenters. The summed E-state index contributed by atoms with van der Waals surface area (Å²) in [6, 6.07) is 9.18. The normalized spacial score (nSPS) is 36.5. The molecule has 4 fully saturated rings. The summed E-state index contributed by atoms with van der Waals surface area (Å²) in [4.78, 5) is 28.9. The SMILES string of the molecule is CC(C)(C)OC(=O)N1CCN(c2ccc(C3CC4(C)C(O)CCC4C4CCC5=CC(=O)CCC5C34)cc2)CC1. The molecule has 0 aromatic heterocycles. The molecule has 7 unspecified atom stereocenters. The van der Waals surface area contributed by atoms with Crippen LogP contribution in [0.2, 0.25) is 0 Å². The van der Waals surface area contributed by atoms with Crippen LogP contribution >= 0.6 is 0 Å². The van der Waals surface area contributed by atoms with Gasteiger partial charge >= 0.3 is 6.09 Å². The number of allylic oxidation sites excluding steroid dienone is 1. The second kappa shape index (κ2) is 9.94. The summed E-state index contributed by atoms with van der Waals surface area (Å²) in [5.74, 6) is 3.00. The molecule has 0 spiro atoms. The lowest BCUT2D eigenvalue weighted by atomic mass is 9.48. The third kappa shape index (κ3) is 4.92. The van der Waals surface area contributed by atoms with Crippen LogP contribution in [0.15, 0.2) is 35.9 Å². The molecule has 1 aliphatic heterocycles. The third-order valence-electron chi connectivity index (χ3n) is 10.9. The van der Waals surface area contributed by atoms with Gasteiger partial charge in [-0.3, -0.25) is 4.79 Å². The molecule has 3 saturated carbocycles. The Bertz CT molecular complexity index is 1130. The van der Waals surface area contributed by atoms with E-state index in [1.54, 1.807) is 0 Å². The summed E-state index contributed by atoms with van der Waals surface area (Å²) < 4.78 is 5.56. The number of ether oxygens (including phenoxy) is 1. The third-order valence-corrected chi connectivity index (χ3v) is 10.9. The van der Waals surface area contributed by atoms with Gasteiger partial charge in [0.2, 0.25) is 0 Å². The van der Waals surface area contributed by atoms with Crippen LogP contribution in [0, 0.1) is 29.1 Å². The Hall–Kier alpha value is -2.34. The predicted molar refractivity (Wildman–Crippen MR) is 153 cm³/mol. The lowest BCUT2D eigenvalue weighted by molar-refractivity contribution is -0.116. The summed E-state index contributed by atoms with van der Waals surface area (Å²) in [5, 5.41) is 11.1. The van der Waals surface area contributed by atoms with Gasteiger partial charge in [0.25, 0.3) is 0 Å². The topological polar surface area (TPSA) is 70.1 Å². The molecule has 1 heterocycles. The van der Waals surface area contributed by atoms with Crippen LogP contribution in [0.25, 0.3) is 0 Å². The van der Waals surface area contributed by atoms with Crippen molar-refractivity contribution >= 4 is 17.6 Å². The number of anilines is 1. The van der Waals surface area contributed by atoms with Gasteiger partial charge in [-0.1, -0.05) is 24.6 Å². The Kier molecular flexibility index (Phi) is 6.84. The molecular formula is C33H46N2O4. The number of amides is 1. The van der Waals surface area contributed by atoms with Crippen LogP contribution in [-0.4, -0.2) is 59.8 Å². The molecule has 0 bridgehead atoms. The fourth-order valence-electron chi connectivity index (χ4n) is 9.03. The average Bonchev–Trinajstić information content (AvgIpc) is 3.21. The van der Waals surface area contributed by atoms with Gasteiger partial charge in [0, 0.05) is 38.3 Å². The van der Waals surface area contributed by atoms with E-state index in [0.29, 0.717) is 54.9 Å². The molecule has 212 valence electrons. The Morgan fingerprint density at radius 1 is 0.974 bits per heavy atom. The molecule has 1 saturated heterocycles. The Balaban J connectivity index is 1.21. The highest BCUT2D eigenvalue weighted by molar-refractivity contribution is 5.91. The number of piperazine rings is 1. The highest BCUT2D eigenvalue weighted by Gasteiger charge is 2.59. The molecule has 1 N–H and O–H groups in total. The van der Waals surface area contributed by atoms with E-state index in [1.807, 2.05) is 31.7 Å². The van der Waals surface area contributed by atoms with Gasteiger partial charge in [-0.15, -0.1) is 0 Å². The molecule has 6 nitrogen and oxygen atoms in total. The summed E-state index contributed by atoms with van der Waals surface area (Å²) in [7, 11) is 0. The monoisotopic (exact) mass is 534 g/mol. The van der Waals surface area contributed by atoms with Gasteiger partial charge < -0.3 is 19.6 Å². The van der Waals surface area contributed by atoms with E-state index in [4.69, 9.17) is 4.74 Å². The highest BCUT2D eigenvalue weighted by atomic mass is 16.6. The largest absolute Gasteiger partial charge is 0.444 e. The van der Waals surface area contributed by atoms with Crippen LogP contribution in [-0.2, 0) is 9.53 Å². The van der Waals surface area contributed by atoms with Gasteiger partial charge in [-0.25, -0.2) is 4.79 Å². The van der Waals surface area contributed by atoms with Crippen LogP contribution in [0.5, 0.6) is 0 Å². The molecule has 5 aliphatic rings. The zero-order valence-corrected chi connectivity index (χ0v) is 24.2. The quantitative estimate of drug-likeness (QED) is 0.509. The maximum absolute atomic E-state index is 12.5. The van der Waals surface area contributed by atoms with Crippen LogP contribution in [0.1, 0.15) is 84.1 Å². The number of carbonyl (C=O) groups is 2. The zero-order valence-electron chi connectivity index (χ0n) is 24.2. The second-order valence-electron chi connectivity index (χ2n) is 14.2. The van der Waals surface area contributed by atoms with Crippen molar-refractivity contribution < 1.29 is 19.4 Å². The molecular weight excluding hydrogens is 488 g/mol. The lowest BCUT2D eigenvalue weighted by Gasteiger charge is -2.57. The summed E-state index contributed by atoms with van der Waals surface area (Å²) >= 11 is 0. The first kappa shape index (κ1) is 26.9. The molecule has 6 heteroatoms. The molecule has 0 radical (unpaired) electrons. The first-order valence-electron chi connectivity index (χ1n) is 15.3. The Labute approximate surface area is 233 Å². The number of hydrogen-bond donors (Lipinski definition) is 1. The van der Waals surface area contributed by atoms with Gasteiger partial charge in [0.05, 0.1) is 6.10 Å². The number of fused-ring (bicyclic) bond motifs is 5. The molecule has 4 aliphatic carbocycles. The maximum atomic E-state index is 12.5. The van der Waals surface area contributed by atoms with Crippen LogP contribution in [0.3, 0.4) is 0 Å². The van der Waals surface area contributed by atoms with Crippen molar-refractivity contribution in [3.05, 3.63) is 41.5 Å². The van der Waals surface area contributed by atoms with Gasteiger partial charge in [-0.2, -0.15) is 0 Å². The van der Waals surface area contributed by atoms with Crippen molar-refractivity contribution in [2.45, 2.75) is 90.3 Å².